The molecule has 0 saturated heterocycles. The summed E-state index contributed by atoms with van der Waals surface area (Å²) < 4.78 is 36.9. The first-order valence-electron chi connectivity index (χ1n) is 14.8. The summed E-state index contributed by atoms with van der Waals surface area (Å²) in [4.78, 5) is 14.5. The van der Waals surface area contributed by atoms with E-state index in [1.807, 2.05) is 65.0 Å². The minimum absolute atomic E-state index is 0.0731. The number of carbonyl (C=O) groups excluding carboxylic acids is 1. The summed E-state index contributed by atoms with van der Waals surface area (Å²) in [6, 6.07) is 13.4. The lowest BCUT2D eigenvalue weighted by Crippen LogP contribution is -2.63. The van der Waals surface area contributed by atoms with Crippen molar-refractivity contribution in [3.05, 3.63) is 70.3 Å². The maximum Gasteiger partial charge on any atom is 0.313 e. The summed E-state index contributed by atoms with van der Waals surface area (Å²) in [5.74, 6) is 0.974. The molecule has 8 heteroatoms. The maximum absolute atomic E-state index is 14.5. The molecule has 232 valence electrons. The first-order chi connectivity index (χ1) is 21.4. The maximum atomic E-state index is 14.5. The molecule has 0 aromatic heterocycles. The summed E-state index contributed by atoms with van der Waals surface area (Å²) >= 11 is 0. The molecule has 0 radical (unpaired) electrons. The van der Waals surface area contributed by atoms with Gasteiger partial charge in [-0.3, -0.25) is 4.79 Å². The summed E-state index contributed by atoms with van der Waals surface area (Å²) in [7, 11) is 6.38. The van der Waals surface area contributed by atoms with Gasteiger partial charge in [-0.25, -0.2) is 0 Å². The lowest BCUT2D eigenvalue weighted by Gasteiger charge is -2.50. The van der Waals surface area contributed by atoms with Crippen molar-refractivity contribution < 1.29 is 38.3 Å². The van der Waals surface area contributed by atoms with Gasteiger partial charge in [0.15, 0.2) is 17.6 Å². The standard InChI is InChI=1S/C37H36O8/c1-17-10-23-25(15-29(17)41-7)32-26(16-27(23)38)36(4,5)35(39)37(43-9)34(32)44-31-14-21-20(19(3)33(31)45-37)12-30(42-8)24-11-18(2)28(40-6)13-22(21)24/h10-16,34,38H,1-9H3. The fourth-order valence-corrected chi connectivity index (χ4v) is 7.32. The van der Waals surface area contributed by atoms with Crippen molar-refractivity contribution in [2.45, 2.75) is 51.9 Å². The Morgan fingerprint density at radius 2 is 1.29 bits per heavy atom. The third kappa shape index (κ3) is 3.72. The Kier molecular flexibility index (Phi) is 6.23. The molecule has 0 amide bonds. The van der Waals surface area contributed by atoms with Crippen molar-refractivity contribution >= 4 is 38.1 Å². The van der Waals surface area contributed by atoms with Crippen LogP contribution in [-0.2, 0) is 14.9 Å². The highest BCUT2D eigenvalue weighted by Crippen LogP contribution is 2.58. The number of carbonyl (C=O) groups is 1. The van der Waals surface area contributed by atoms with Crippen LogP contribution < -0.4 is 23.7 Å². The highest BCUT2D eigenvalue weighted by Gasteiger charge is 2.64. The summed E-state index contributed by atoms with van der Waals surface area (Å²) in [5.41, 5.74) is 2.88. The zero-order valence-corrected chi connectivity index (χ0v) is 26.9. The lowest BCUT2D eigenvalue weighted by molar-refractivity contribution is -0.233. The highest BCUT2D eigenvalue weighted by atomic mass is 16.7. The van der Waals surface area contributed by atoms with Gasteiger partial charge >= 0.3 is 5.79 Å². The van der Waals surface area contributed by atoms with Crippen LogP contribution in [0.5, 0.6) is 34.5 Å². The van der Waals surface area contributed by atoms with Crippen LogP contribution in [0.4, 0.5) is 0 Å². The topological polar surface area (TPSA) is 92.7 Å². The van der Waals surface area contributed by atoms with E-state index in [2.05, 4.69) is 6.07 Å². The molecule has 2 unspecified atom stereocenters. The van der Waals surface area contributed by atoms with Gasteiger partial charge in [-0.15, -0.1) is 0 Å². The van der Waals surface area contributed by atoms with E-state index in [0.29, 0.717) is 44.9 Å². The first kappa shape index (κ1) is 29.0. The highest BCUT2D eigenvalue weighted by molar-refractivity contribution is 6.13. The number of ketones is 1. The van der Waals surface area contributed by atoms with Crippen molar-refractivity contribution in [2.75, 3.05) is 28.4 Å². The van der Waals surface area contributed by atoms with Crippen molar-refractivity contribution in [1.82, 2.24) is 0 Å². The molecule has 8 nitrogen and oxygen atoms in total. The molecular formula is C37H36O8. The van der Waals surface area contributed by atoms with E-state index >= 15 is 0 Å². The molecule has 1 aliphatic carbocycles. The minimum Gasteiger partial charge on any atom is -0.507 e. The number of phenolic OH excluding ortho intramolecular Hbond substituents is 1. The van der Waals surface area contributed by atoms with Crippen LogP contribution in [0.25, 0.3) is 32.3 Å². The summed E-state index contributed by atoms with van der Waals surface area (Å²) in [6.45, 7) is 9.50. The van der Waals surface area contributed by atoms with E-state index < -0.39 is 17.3 Å². The molecule has 2 atom stereocenters. The molecule has 5 aromatic rings. The van der Waals surface area contributed by atoms with Crippen LogP contribution in [0.3, 0.4) is 0 Å². The second kappa shape index (κ2) is 9.65. The SMILES string of the molecule is COc1cc2c3c(cc(O)c2cc1C)C(C)(C)C(=O)C1(OC)Oc2c(cc4c(cc(OC)c5cc(C)c(OC)cc54)c2C)OC31. The molecule has 1 aliphatic heterocycles. The van der Waals surface area contributed by atoms with Gasteiger partial charge in [-0.2, -0.15) is 0 Å². The van der Waals surface area contributed by atoms with Crippen LogP contribution in [-0.4, -0.2) is 45.1 Å². The summed E-state index contributed by atoms with van der Waals surface area (Å²) in [6.07, 6.45) is -0.987. The van der Waals surface area contributed by atoms with Gasteiger partial charge in [0, 0.05) is 29.0 Å². The zero-order chi connectivity index (χ0) is 32.2. The van der Waals surface area contributed by atoms with Crippen molar-refractivity contribution in [1.29, 1.82) is 0 Å². The first-order valence-corrected chi connectivity index (χ1v) is 14.8. The number of benzene rings is 5. The van der Waals surface area contributed by atoms with E-state index in [1.54, 1.807) is 27.4 Å². The molecule has 1 N–H and O–H groups in total. The molecule has 0 bridgehead atoms. The smallest absolute Gasteiger partial charge is 0.313 e. The molecule has 45 heavy (non-hydrogen) atoms. The molecule has 0 saturated carbocycles. The van der Waals surface area contributed by atoms with Gasteiger partial charge in [0.05, 0.1) is 26.7 Å². The molecule has 2 aliphatic rings. The van der Waals surface area contributed by atoms with E-state index in [9.17, 15) is 9.90 Å². The normalized spacial score (nSPS) is 19.8. The number of hydrogen-bond acceptors (Lipinski definition) is 8. The van der Waals surface area contributed by atoms with Gasteiger partial charge in [-0.05, 0) is 115 Å². The van der Waals surface area contributed by atoms with Gasteiger partial charge in [0.1, 0.15) is 23.0 Å². The molecule has 5 aromatic carbocycles. The van der Waals surface area contributed by atoms with E-state index in [1.165, 1.54) is 7.11 Å². The van der Waals surface area contributed by atoms with Crippen molar-refractivity contribution in [2.24, 2.45) is 0 Å². The fourth-order valence-electron chi connectivity index (χ4n) is 7.32. The second-order valence-corrected chi connectivity index (χ2v) is 12.5. The van der Waals surface area contributed by atoms with Gasteiger partial charge in [0.25, 0.3) is 0 Å². The van der Waals surface area contributed by atoms with Gasteiger partial charge in [0.2, 0.25) is 5.78 Å². The summed E-state index contributed by atoms with van der Waals surface area (Å²) in [5, 5.41) is 16.2. The number of phenols is 1. The van der Waals surface area contributed by atoms with Gasteiger partial charge in [-0.1, -0.05) is 0 Å². The Morgan fingerprint density at radius 1 is 0.711 bits per heavy atom. The molecular weight excluding hydrogens is 572 g/mol. The Hall–Kier alpha value is -4.69. The molecule has 0 spiro atoms. The quantitative estimate of drug-likeness (QED) is 0.210. The monoisotopic (exact) mass is 608 g/mol. The number of Topliss-reactive ketones (excluding diaryl/α,β-unsaturated/α-hetero) is 1. The fraction of sp³-hybridized carbons (Fsp3) is 0.324. The lowest BCUT2D eigenvalue weighted by atomic mass is 9.66. The average molecular weight is 609 g/mol. The Bertz CT molecular complexity index is 2110. The van der Waals surface area contributed by atoms with Crippen LogP contribution in [0.1, 0.15) is 47.8 Å². The third-order valence-electron chi connectivity index (χ3n) is 9.76. The third-order valence-corrected chi connectivity index (χ3v) is 9.76. The Labute approximate surface area is 261 Å². The van der Waals surface area contributed by atoms with Crippen LogP contribution in [0.2, 0.25) is 0 Å². The van der Waals surface area contributed by atoms with Gasteiger partial charge < -0.3 is 33.5 Å². The van der Waals surface area contributed by atoms with E-state index in [-0.39, 0.29) is 11.5 Å². The average Bonchev–Trinajstić information content (AvgIpc) is 3.03. The largest absolute Gasteiger partial charge is 0.507 e. The van der Waals surface area contributed by atoms with Crippen molar-refractivity contribution in [3.8, 4) is 34.5 Å². The minimum atomic E-state index is -1.80. The number of aromatic hydroxyl groups is 1. The van der Waals surface area contributed by atoms with E-state index in [4.69, 9.17) is 28.4 Å². The Balaban J connectivity index is 1.56. The number of fused-ring (bicyclic) bond motifs is 9. The zero-order valence-electron chi connectivity index (χ0n) is 26.9. The van der Waals surface area contributed by atoms with Crippen LogP contribution in [0.15, 0.2) is 42.5 Å². The van der Waals surface area contributed by atoms with Crippen LogP contribution >= 0.6 is 0 Å². The van der Waals surface area contributed by atoms with Crippen molar-refractivity contribution in [3.63, 3.8) is 0 Å². The number of hydrogen-bond donors (Lipinski definition) is 1. The molecule has 0 fully saturated rings. The second-order valence-electron chi connectivity index (χ2n) is 12.5. The van der Waals surface area contributed by atoms with E-state index in [0.717, 1.165) is 44.0 Å². The number of methoxy groups -OCH3 is 4. The predicted octanol–water partition coefficient (Wildman–Crippen LogP) is 7.52. The molecule has 7 rings (SSSR count). The molecule has 1 heterocycles. The number of rotatable bonds is 4. The van der Waals surface area contributed by atoms with Crippen LogP contribution in [0, 0.1) is 20.8 Å². The number of aryl methyl sites for hydroxylation is 3. The number of ether oxygens (including phenoxy) is 6. The predicted molar refractivity (Wildman–Crippen MR) is 173 cm³/mol. The Morgan fingerprint density at radius 3 is 1.91 bits per heavy atom.